The summed E-state index contributed by atoms with van der Waals surface area (Å²) in [7, 11) is 0. The van der Waals surface area contributed by atoms with Crippen LogP contribution in [0.1, 0.15) is 38.1 Å². The van der Waals surface area contributed by atoms with Crippen molar-refractivity contribution in [3.05, 3.63) is 35.9 Å². The molecule has 5 heteroatoms. The van der Waals surface area contributed by atoms with E-state index in [4.69, 9.17) is 0 Å². The first kappa shape index (κ1) is 17.5. The van der Waals surface area contributed by atoms with E-state index in [1.807, 2.05) is 62.9 Å². The molecule has 1 unspecified atom stereocenters. The van der Waals surface area contributed by atoms with E-state index in [-0.39, 0.29) is 23.4 Å². The summed E-state index contributed by atoms with van der Waals surface area (Å²) in [6, 6.07) is 9.17. The third kappa shape index (κ3) is 4.79. The summed E-state index contributed by atoms with van der Waals surface area (Å²) in [5.41, 5.74) is 0.496. The first-order valence-corrected chi connectivity index (χ1v) is 8.18. The normalized spacial score (nSPS) is 17.7. The lowest BCUT2D eigenvalue weighted by Gasteiger charge is -2.38. The van der Waals surface area contributed by atoms with Gasteiger partial charge < -0.3 is 10.2 Å². The topological polar surface area (TPSA) is 52.7 Å². The average Bonchev–Trinajstić information content (AvgIpc) is 2.53. The van der Waals surface area contributed by atoms with Crippen molar-refractivity contribution in [1.82, 2.24) is 15.1 Å². The highest BCUT2D eigenvalue weighted by molar-refractivity contribution is 5.94. The monoisotopic (exact) mass is 317 g/mol. The van der Waals surface area contributed by atoms with Crippen molar-refractivity contribution in [3.8, 4) is 0 Å². The zero-order valence-electron chi connectivity index (χ0n) is 14.5. The maximum absolute atomic E-state index is 12.4. The number of amides is 2. The Bertz CT molecular complexity index is 543. The molecular formula is C18H27N3O2. The van der Waals surface area contributed by atoms with Gasteiger partial charge in [0.25, 0.3) is 5.91 Å². The van der Waals surface area contributed by atoms with Crippen molar-refractivity contribution in [1.29, 1.82) is 0 Å². The summed E-state index contributed by atoms with van der Waals surface area (Å²) in [5, 5.41) is 3.01. The Hall–Kier alpha value is -1.88. The molecule has 1 saturated heterocycles. The van der Waals surface area contributed by atoms with Gasteiger partial charge in [-0.3, -0.25) is 14.5 Å². The van der Waals surface area contributed by atoms with Crippen LogP contribution < -0.4 is 5.32 Å². The third-order valence-electron chi connectivity index (χ3n) is 4.05. The predicted molar refractivity (Wildman–Crippen MR) is 91.3 cm³/mol. The lowest BCUT2D eigenvalue weighted by Crippen LogP contribution is -2.56. The molecule has 1 aromatic rings. The van der Waals surface area contributed by atoms with Crippen molar-refractivity contribution in [2.45, 2.75) is 39.3 Å². The van der Waals surface area contributed by atoms with E-state index in [9.17, 15) is 9.59 Å². The summed E-state index contributed by atoms with van der Waals surface area (Å²) in [6.07, 6.45) is 0. The molecule has 1 aliphatic rings. The Balaban J connectivity index is 1.88. The third-order valence-corrected chi connectivity index (χ3v) is 4.05. The van der Waals surface area contributed by atoms with Crippen molar-refractivity contribution in [2.24, 2.45) is 0 Å². The molecule has 23 heavy (non-hydrogen) atoms. The molecule has 2 amide bonds. The molecule has 0 saturated carbocycles. The minimum atomic E-state index is -0.226. The van der Waals surface area contributed by atoms with Gasteiger partial charge in [-0.15, -0.1) is 0 Å². The molecule has 0 spiro atoms. The second-order valence-electron chi connectivity index (χ2n) is 7.11. The molecule has 1 aliphatic heterocycles. The largest absolute Gasteiger partial charge is 0.350 e. The predicted octanol–water partition coefficient (Wildman–Crippen LogP) is 1.75. The van der Waals surface area contributed by atoms with Crippen LogP contribution in [0.4, 0.5) is 0 Å². The van der Waals surface area contributed by atoms with Gasteiger partial charge in [0.05, 0.1) is 6.04 Å². The smallest absolute Gasteiger partial charge is 0.253 e. The van der Waals surface area contributed by atoms with Gasteiger partial charge in [0.2, 0.25) is 5.91 Å². The van der Waals surface area contributed by atoms with E-state index in [0.717, 1.165) is 18.7 Å². The van der Waals surface area contributed by atoms with Crippen molar-refractivity contribution >= 4 is 11.8 Å². The zero-order valence-corrected chi connectivity index (χ0v) is 14.5. The fourth-order valence-corrected chi connectivity index (χ4v) is 2.72. The molecular weight excluding hydrogens is 290 g/mol. The summed E-state index contributed by atoms with van der Waals surface area (Å²) < 4.78 is 0. The van der Waals surface area contributed by atoms with Gasteiger partial charge in [-0.1, -0.05) is 18.2 Å². The van der Waals surface area contributed by atoms with Crippen LogP contribution in [-0.4, -0.2) is 59.4 Å². The Morgan fingerprint density at radius 2 is 1.61 bits per heavy atom. The van der Waals surface area contributed by atoms with E-state index in [1.54, 1.807) is 0 Å². The lowest BCUT2D eigenvalue weighted by atomic mass is 10.1. The number of hydrogen-bond acceptors (Lipinski definition) is 3. The van der Waals surface area contributed by atoms with Crippen LogP contribution in [0.3, 0.4) is 0 Å². The van der Waals surface area contributed by atoms with E-state index >= 15 is 0 Å². The average molecular weight is 317 g/mol. The molecule has 1 atom stereocenters. The fraction of sp³-hybridized carbons (Fsp3) is 0.556. The van der Waals surface area contributed by atoms with E-state index < -0.39 is 0 Å². The quantitative estimate of drug-likeness (QED) is 0.924. The number of hydrogen-bond donors (Lipinski definition) is 1. The molecule has 5 nitrogen and oxygen atoms in total. The Labute approximate surface area is 138 Å². The highest BCUT2D eigenvalue weighted by Crippen LogP contribution is 2.11. The number of piperazine rings is 1. The van der Waals surface area contributed by atoms with Crippen LogP contribution in [0, 0.1) is 0 Å². The minimum absolute atomic E-state index is 0.0420. The summed E-state index contributed by atoms with van der Waals surface area (Å²) in [5.74, 6) is 0.109. The van der Waals surface area contributed by atoms with Crippen LogP contribution >= 0.6 is 0 Å². The molecule has 0 aromatic heterocycles. The highest BCUT2D eigenvalue weighted by atomic mass is 16.2. The van der Waals surface area contributed by atoms with E-state index in [0.29, 0.717) is 13.1 Å². The Kier molecular flexibility index (Phi) is 5.42. The van der Waals surface area contributed by atoms with Crippen molar-refractivity contribution in [2.75, 3.05) is 26.2 Å². The number of carbonyl (C=O) groups is 2. The van der Waals surface area contributed by atoms with E-state index in [2.05, 4.69) is 10.2 Å². The van der Waals surface area contributed by atoms with Gasteiger partial charge in [0.15, 0.2) is 0 Å². The summed E-state index contributed by atoms with van der Waals surface area (Å²) >= 11 is 0. The second-order valence-corrected chi connectivity index (χ2v) is 7.11. The lowest BCUT2D eigenvalue weighted by molar-refractivity contribution is -0.127. The molecule has 2 rings (SSSR count). The maximum Gasteiger partial charge on any atom is 0.253 e. The van der Waals surface area contributed by atoms with Crippen molar-refractivity contribution < 1.29 is 9.59 Å². The molecule has 0 bridgehead atoms. The van der Waals surface area contributed by atoms with Gasteiger partial charge >= 0.3 is 0 Å². The maximum atomic E-state index is 12.4. The van der Waals surface area contributed by atoms with Crippen LogP contribution in [0.5, 0.6) is 0 Å². The Morgan fingerprint density at radius 1 is 1.04 bits per heavy atom. The second kappa shape index (κ2) is 7.13. The van der Waals surface area contributed by atoms with Crippen LogP contribution in [0.2, 0.25) is 0 Å². The van der Waals surface area contributed by atoms with Gasteiger partial charge in [0.1, 0.15) is 0 Å². The van der Waals surface area contributed by atoms with Crippen LogP contribution in [0.15, 0.2) is 30.3 Å². The molecule has 1 aromatic carbocycles. The van der Waals surface area contributed by atoms with Crippen LogP contribution in [-0.2, 0) is 4.79 Å². The van der Waals surface area contributed by atoms with Gasteiger partial charge in [-0.05, 0) is 39.8 Å². The highest BCUT2D eigenvalue weighted by Gasteiger charge is 2.29. The van der Waals surface area contributed by atoms with Crippen molar-refractivity contribution in [3.63, 3.8) is 0 Å². The van der Waals surface area contributed by atoms with Crippen LogP contribution in [0.25, 0.3) is 0 Å². The minimum Gasteiger partial charge on any atom is -0.350 e. The molecule has 1 fully saturated rings. The SMILES string of the molecule is CC(C(=O)NC(C)(C)C)N1CCN(C(=O)c2ccccc2)CC1. The first-order valence-electron chi connectivity index (χ1n) is 8.18. The van der Waals surface area contributed by atoms with Gasteiger partial charge in [-0.25, -0.2) is 0 Å². The Morgan fingerprint density at radius 3 is 2.13 bits per heavy atom. The molecule has 1 N–H and O–H groups in total. The first-order chi connectivity index (χ1) is 10.8. The number of benzene rings is 1. The van der Waals surface area contributed by atoms with Gasteiger partial charge in [0, 0.05) is 37.3 Å². The molecule has 0 aliphatic carbocycles. The summed E-state index contributed by atoms with van der Waals surface area (Å²) in [4.78, 5) is 28.7. The van der Waals surface area contributed by atoms with Gasteiger partial charge in [-0.2, -0.15) is 0 Å². The number of carbonyl (C=O) groups excluding carboxylic acids is 2. The fourth-order valence-electron chi connectivity index (χ4n) is 2.72. The summed E-state index contributed by atoms with van der Waals surface area (Å²) in [6.45, 7) is 10.6. The number of nitrogens with zero attached hydrogens (tertiary/aromatic N) is 2. The number of nitrogens with one attached hydrogen (secondary N) is 1. The van der Waals surface area contributed by atoms with E-state index in [1.165, 1.54) is 0 Å². The standard InChI is InChI=1S/C18H27N3O2/c1-14(16(22)19-18(2,3)4)20-10-12-21(13-11-20)17(23)15-8-6-5-7-9-15/h5-9,14H,10-13H2,1-4H3,(H,19,22). The molecule has 126 valence electrons. The molecule has 1 heterocycles. The molecule has 0 radical (unpaired) electrons. The number of rotatable bonds is 3. The zero-order chi connectivity index (χ0) is 17.0.